The fourth-order valence-corrected chi connectivity index (χ4v) is 2.58. The molecule has 2 aromatic carbocycles. The van der Waals surface area contributed by atoms with E-state index >= 15 is 0 Å². The van der Waals surface area contributed by atoms with Crippen LogP contribution in [-0.4, -0.2) is 17.5 Å². The lowest BCUT2D eigenvalue weighted by Gasteiger charge is -2.11. The molecule has 0 fully saturated rings. The molecule has 0 aliphatic heterocycles. The third kappa shape index (κ3) is 5.31. The number of aromatic nitrogens is 1. The Balaban J connectivity index is 1.59. The minimum absolute atomic E-state index is 0.178. The molecule has 0 bridgehead atoms. The number of amides is 1. The molecule has 3 aromatic rings. The van der Waals surface area contributed by atoms with Crippen molar-refractivity contribution in [2.24, 2.45) is 0 Å². The molecule has 3 rings (SSSR count). The second-order valence-corrected chi connectivity index (χ2v) is 5.89. The van der Waals surface area contributed by atoms with E-state index in [0.29, 0.717) is 37.0 Å². The third-order valence-electron chi connectivity index (χ3n) is 3.91. The standard InChI is InChI=1S/C22H22N2O3/c1-2-26-20-11-7-6-10-19(20)22(25)24-15-18-12-13-23-21(14-18)27-16-17-8-4-3-5-9-17/h3-14H,2,15-16H2,1H3,(H,24,25). The lowest BCUT2D eigenvalue weighted by molar-refractivity contribution is 0.0947. The van der Waals surface area contributed by atoms with E-state index in [2.05, 4.69) is 10.3 Å². The van der Waals surface area contributed by atoms with Gasteiger partial charge in [0.25, 0.3) is 5.91 Å². The van der Waals surface area contributed by atoms with Crippen LogP contribution >= 0.6 is 0 Å². The van der Waals surface area contributed by atoms with E-state index in [9.17, 15) is 4.79 Å². The fraction of sp³-hybridized carbons (Fsp3) is 0.182. The number of ether oxygens (including phenoxy) is 2. The Morgan fingerprint density at radius 1 is 0.963 bits per heavy atom. The van der Waals surface area contributed by atoms with E-state index in [1.165, 1.54) is 0 Å². The first-order valence-corrected chi connectivity index (χ1v) is 8.88. The summed E-state index contributed by atoms with van der Waals surface area (Å²) in [5.74, 6) is 0.932. The molecule has 0 aliphatic rings. The zero-order valence-corrected chi connectivity index (χ0v) is 15.2. The minimum atomic E-state index is -0.178. The van der Waals surface area contributed by atoms with Gasteiger partial charge < -0.3 is 14.8 Å². The summed E-state index contributed by atoms with van der Waals surface area (Å²) in [4.78, 5) is 16.7. The van der Waals surface area contributed by atoms with E-state index in [1.54, 1.807) is 18.3 Å². The Kier molecular flexibility index (Phi) is 6.41. The average molecular weight is 362 g/mol. The number of benzene rings is 2. The predicted molar refractivity (Wildman–Crippen MR) is 104 cm³/mol. The summed E-state index contributed by atoms with van der Waals surface area (Å²) in [7, 11) is 0. The highest BCUT2D eigenvalue weighted by atomic mass is 16.5. The summed E-state index contributed by atoms with van der Waals surface area (Å²) in [6.45, 7) is 3.23. The summed E-state index contributed by atoms with van der Waals surface area (Å²) < 4.78 is 11.2. The smallest absolute Gasteiger partial charge is 0.255 e. The number of pyridine rings is 1. The summed E-state index contributed by atoms with van der Waals surface area (Å²) in [5.41, 5.74) is 2.51. The average Bonchev–Trinajstić information content (AvgIpc) is 2.72. The molecule has 1 aromatic heterocycles. The number of carbonyl (C=O) groups excluding carboxylic acids is 1. The number of rotatable bonds is 8. The maximum atomic E-state index is 12.5. The minimum Gasteiger partial charge on any atom is -0.493 e. The zero-order valence-electron chi connectivity index (χ0n) is 15.2. The molecule has 5 nitrogen and oxygen atoms in total. The van der Waals surface area contributed by atoms with Crippen molar-refractivity contribution in [2.75, 3.05) is 6.61 Å². The van der Waals surface area contributed by atoms with Gasteiger partial charge in [-0.3, -0.25) is 4.79 Å². The van der Waals surface area contributed by atoms with Crippen LogP contribution in [0.2, 0.25) is 0 Å². The van der Waals surface area contributed by atoms with Gasteiger partial charge in [-0.1, -0.05) is 42.5 Å². The summed E-state index contributed by atoms with van der Waals surface area (Å²) >= 11 is 0. The molecule has 1 heterocycles. The molecule has 0 aliphatic carbocycles. The molecule has 0 unspecified atom stereocenters. The predicted octanol–water partition coefficient (Wildman–Crippen LogP) is 3.99. The lowest BCUT2D eigenvalue weighted by Crippen LogP contribution is -2.23. The molecule has 5 heteroatoms. The van der Waals surface area contributed by atoms with E-state index in [4.69, 9.17) is 9.47 Å². The largest absolute Gasteiger partial charge is 0.493 e. The summed E-state index contributed by atoms with van der Waals surface area (Å²) in [5, 5.41) is 2.91. The fourth-order valence-electron chi connectivity index (χ4n) is 2.58. The highest BCUT2D eigenvalue weighted by Crippen LogP contribution is 2.18. The molecule has 1 N–H and O–H groups in total. The first kappa shape index (κ1) is 18.5. The molecular weight excluding hydrogens is 340 g/mol. The Labute approximate surface area is 159 Å². The van der Waals surface area contributed by atoms with Crippen LogP contribution in [0.4, 0.5) is 0 Å². The van der Waals surface area contributed by atoms with E-state index in [1.807, 2.05) is 61.5 Å². The van der Waals surface area contributed by atoms with Crippen molar-refractivity contribution in [3.63, 3.8) is 0 Å². The van der Waals surface area contributed by atoms with Gasteiger partial charge in [-0.25, -0.2) is 4.98 Å². The van der Waals surface area contributed by atoms with Crippen molar-refractivity contribution in [2.45, 2.75) is 20.1 Å². The maximum absolute atomic E-state index is 12.5. The number of hydrogen-bond donors (Lipinski definition) is 1. The van der Waals surface area contributed by atoms with E-state index < -0.39 is 0 Å². The van der Waals surface area contributed by atoms with Crippen LogP contribution in [0.1, 0.15) is 28.4 Å². The molecule has 1 amide bonds. The van der Waals surface area contributed by atoms with Gasteiger partial charge >= 0.3 is 0 Å². The van der Waals surface area contributed by atoms with Crippen LogP contribution in [-0.2, 0) is 13.2 Å². The molecule has 0 atom stereocenters. The molecule has 0 saturated carbocycles. The highest BCUT2D eigenvalue weighted by Gasteiger charge is 2.11. The number of nitrogens with zero attached hydrogens (tertiary/aromatic N) is 1. The summed E-state index contributed by atoms with van der Waals surface area (Å²) in [6, 6.07) is 20.8. The van der Waals surface area contributed by atoms with Gasteiger partial charge in [-0.2, -0.15) is 0 Å². The molecule has 27 heavy (non-hydrogen) atoms. The molecule has 138 valence electrons. The quantitative estimate of drug-likeness (QED) is 0.658. The van der Waals surface area contributed by atoms with Crippen LogP contribution in [0.25, 0.3) is 0 Å². The molecular formula is C22H22N2O3. The zero-order chi connectivity index (χ0) is 18.9. The van der Waals surface area contributed by atoms with Gasteiger partial charge in [-0.15, -0.1) is 0 Å². The van der Waals surface area contributed by atoms with Crippen LogP contribution in [0.3, 0.4) is 0 Å². The topological polar surface area (TPSA) is 60.5 Å². The van der Waals surface area contributed by atoms with Crippen LogP contribution < -0.4 is 14.8 Å². The first-order chi connectivity index (χ1) is 13.3. The monoisotopic (exact) mass is 362 g/mol. The number of hydrogen-bond acceptors (Lipinski definition) is 4. The van der Waals surface area contributed by atoms with Gasteiger partial charge in [0.05, 0.1) is 12.2 Å². The first-order valence-electron chi connectivity index (χ1n) is 8.88. The SMILES string of the molecule is CCOc1ccccc1C(=O)NCc1ccnc(OCc2ccccc2)c1. The Hall–Kier alpha value is -3.34. The molecule has 0 saturated heterocycles. The van der Waals surface area contributed by atoms with Gasteiger partial charge in [0, 0.05) is 18.8 Å². The van der Waals surface area contributed by atoms with E-state index in [-0.39, 0.29) is 5.91 Å². The Morgan fingerprint density at radius 2 is 1.74 bits per heavy atom. The Bertz CT molecular complexity index is 881. The van der Waals surface area contributed by atoms with Crippen molar-refractivity contribution in [3.8, 4) is 11.6 Å². The van der Waals surface area contributed by atoms with Crippen molar-refractivity contribution in [3.05, 3.63) is 89.6 Å². The van der Waals surface area contributed by atoms with Crippen molar-refractivity contribution in [1.82, 2.24) is 10.3 Å². The van der Waals surface area contributed by atoms with Gasteiger partial charge in [0.15, 0.2) is 0 Å². The Morgan fingerprint density at radius 3 is 2.56 bits per heavy atom. The third-order valence-corrected chi connectivity index (χ3v) is 3.91. The van der Waals surface area contributed by atoms with Crippen molar-refractivity contribution < 1.29 is 14.3 Å². The summed E-state index contributed by atoms with van der Waals surface area (Å²) in [6.07, 6.45) is 1.68. The second-order valence-electron chi connectivity index (χ2n) is 5.89. The number of para-hydroxylation sites is 1. The highest BCUT2D eigenvalue weighted by molar-refractivity contribution is 5.96. The number of carbonyl (C=O) groups is 1. The van der Waals surface area contributed by atoms with Gasteiger partial charge in [0.2, 0.25) is 5.88 Å². The normalized spacial score (nSPS) is 10.3. The number of nitrogens with one attached hydrogen (secondary N) is 1. The van der Waals surface area contributed by atoms with Crippen molar-refractivity contribution >= 4 is 5.91 Å². The van der Waals surface area contributed by atoms with Gasteiger partial charge in [0.1, 0.15) is 12.4 Å². The second kappa shape index (κ2) is 9.38. The van der Waals surface area contributed by atoms with Crippen molar-refractivity contribution in [1.29, 1.82) is 0 Å². The lowest BCUT2D eigenvalue weighted by atomic mass is 10.2. The van der Waals surface area contributed by atoms with Crippen LogP contribution in [0.15, 0.2) is 72.9 Å². The molecule has 0 spiro atoms. The van der Waals surface area contributed by atoms with Crippen LogP contribution in [0, 0.1) is 0 Å². The maximum Gasteiger partial charge on any atom is 0.255 e. The molecule has 0 radical (unpaired) electrons. The van der Waals surface area contributed by atoms with Crippen LogP contribution in [0.5, 0.6) is 11.6 Å². The van der Waals surface area contributed by atoms with Gasteiger partial charge in [-0.05, 0) is 36.2 Å². The van der Waals surface area contributed by atoms with E-state index in [0.717, 1.165) is 11.1 Å².